The second-order valence-corrected chi connectivity index (χ2v) is 11.7. The molecule has 9 heteroatoms. The number of hydrogen-bond acceptors (Lipinski definition) is 7. The quantitative estimate of drug-likeness (QED) is 0.691. The molecule has 2 heterocycles. The van der Waals surface area contributed by atoms with Crippen LogP contribution in [0.1, 0.15) is 25.3 Å². The number of thioether (sulfide) groups is 1. The smallest absolute Gasteiger partial charge is 0.244 e. The maximum Gasteiger partial charge on any atom is 0.244 e. The predicted octanol–water partition coefficient (Wildman–Crippen LogP) is 3.53. The third-order valence-corrected chi connectivity index (χ3v) is 8.81. The van der Waals surface area contributed by atoms with Crippen LogP contribution in [0.3, 0.4) is 0 Å². The highest BCUT2D eigenvalue weighted by Gasteiger charge is 2.44. The fraction of sp³-hybridized carbons (Fsp3) is 0.391. The molecule has 0 aliphatic carbocycles. The van der Waals surface area contributed by atoms with Gasteiger partial charge in [-0.3, -0.25) is 9.79 Å². The minimum absolute atomic E-state index is 0.0657. The van der Waals surface area contributed by atoms with Gasteiger partial charge in [0.15, 0.2) is 15.0 Å². The number of benzene rings is 2. The summed E-state index contributed by atoms with van der Waals surface area (Å²) >= 11 is 1.45. The highest BCUT2D eigenvalue weighted by molar-refractivity contribution is 8.15. The van der Waals surface area contributed by atoms with E-state index < -0.39 is 9.84 Å². The van der Waals surface area contributed by atoms with Crippen LogP contribution in [0.5, 0.6) is 5.75 Å². The number of nitrogens with one attached hydrogen (secondary N) is 1. The Hall–Kier alpha value is -2.52. The molecule has 1 amide bonds. The average Bonchev–Trinajstić information content (AvgIpc) is 3.25. The van der Waals surface area contributed by atoms with Crippen LogP contribution in [0, 0.1) is 0 Å². The normalized spacial score (nSPS) is 21.2. The fourth-order valence-corrected chi connectivity index (χ4v) is 7.60. The molecule has 2 unspecified atom stereocenters. The molecule has 1 fully saturated rings. The topological polar surface area (TPSA) is 88.1 Å². The van der Waals surface area contributed by atoms with Crippen LogP contribution < -0.4 is 15.0 Å². The zero-order valence-corrected chi connectivity index (χ0v) is 19.9. The van der Waals surface area contributed by atoms with Gasteiger partial charge in [-0.1, -0.05) is 43.8 Å². The molecule has 170 valence electrons. The second-order valence-electron chi connectivity index (χ2n) is 8.32. The summed E-state index contributed by atoms with van der Waals surface area (Å²) in [7, 11) is -1.46. The summed E-state index contributed by atoms with van der Waals surface area (Å²) in [5, 5.41) is 3.51. The van der Waals surface area contributed by atoms with Crippen molar-refractivity contribution in [2.24, 2.45) is 4.99 Å². The van der Waals surface area contributed by atoms with Gasteiger partial charge in [0.2, 0.25) is 5.91 Å². The van der Waals surface area contributed by atoms with Gasteiger partial charge in [0.1, 0.15) is 12.3 Å². The van der Waals surface area contributed by atoms with Gasteiger partial charge in [0.25, 0.3) is 0 Å². The van der Waals surface area contributed by atoms with E-state index in [4.69, 9.17) is 9.73 Å². The van der Waals surface area contributed by atoms with Crippen molar-refractivity contribution in [2.75, 3.05) is 35.4 Å². The molecule has 32 heavy (non-hydrogen) atoms. The van der Waals surface area contributed by atoms with E-state index in [0.29, 0.717) is 22.5 Å². The molecular formula is C23H27N3O4S2. The van der Waals surface area contributed by atoms with E-state index in [1.807, 2.05) is 29.2 Å². The van der Waals surface area contributed by atoms with Gasteiger partial charge in [-0.05, 0) is 35.7 Å². The Morgan fingerprint density at radius 3 is 2.62 bits per heavy atom. The SMILES string of the molecule is COc1cccc(NC(=O)CN(C2=NC3CS(=O)(=O)CC3S2)c2ccc(C(C)C)cc2)c1. The van der Waals surface area contributed by atoms with Crippen molar-refractivity contribution in [1.82, 2.24) is 0 Å². The molecule has 2 aromatic carbocycles. The van der Waals surface area contributed by atoms with Crippen molar-refractivity contribution in [1.29, 1.82) is 0 Å². The third-order valence-electron chi connectivity index (χ3n) is 5.56. The van der Waals surface area contributed by atoms with E-state index in [2.05, 4.69) is 31.3 Å². The Morgan fingerprint density at radius 1 is 1.22 bits per heavy atom. The number of hydrogen-bond donors (Lipinski definition) is 1. The Balaban J connectivity index is 1.57. The summed E-state index contributed by atoms with van der Waals surface area (Å²) in [6.07, 6.45) is 0. The summed E-state index contributed by atoms with van der Waals surface area (Å²) in [5.41, 5.74) is 2.70. The van der Waals surface area contributed by atoms with Crippen molar-refractivity contribution in [3.8, 4) is 5.75 Å². The first-order valence-corrected chi connectivity index (χ1v) is 13.2. The van der Waals surface area contributed by atoms with Gasteiger partial charge < -0.3 is 15.0 Å². The summed E-state index contributed by atoms with van der Waals surface area (Å²) in [5.74, 6) is 1.07. The Morgan fingerprint density at radius 2 is 1.97 bits per heavy atom. The number of amidine groups is 1. The number of amides is 1. The number of anilines is 2. The number of carbonyl (C=O) groups excluding carboxylic acids is 1. The molecule has 7 nitrogen and oxygen atoms in total. The highest BCUT2D eigenvalue weighted by atomic mass is 32.2. The summed E-state index contributed by atoms with van der Waals surface area (Å²) in [6.45, 7) is 4.33. The Labute approximate surface area is 193 Å². The largest absolute Gasteiger partial charge is 0.497 e. The first-order valence-electron chi connectivity index (χ1n) is 10.5. The molecule has 4 rings (SSSR count). The van der Waals surface area contributed by atoms with E-state index in [9.17, 15) is 13.2 Å². The molecule has 1 N–H and O–H groups in total. The molecule has 0 spiro atoms. The van der Waals surface area contributed by atoms with Gasteiger partial charge >= 0.3 is 0 Å². The van der Waals surface area contributed by atoms with E-state index in [0.717, 1.165) is 5.69 Å². The minimum atomic E-state index is -3.04. The zero-order valence-electron chi connectivity index (χ0n) is 18.3. The molecule has 0 bridgehead atoms. The molecule has 1 saturated heterocycles. The lowest BCUT2D eigenvalue weighted by Gasteiger charge is -2.24. The number of aliphatic imine (C=N–C) groups is 1. The lowest BCUT2D eigenvalue weighted by atomic mass is 10.0. The number of nitrogens with zero attached hydrogens (tertiary/aromatic N) is 2. The lowest BCUT2D eigenvalue weighted by Crippen LogP contribution is -2.36. The zero-order chi connectivity index (χ0) is 22.9. The second kappa shape index (κ2) is 9.15. The van der Waals surface area contributed by atoms with Crippen molar-refractivity contribution < 1.29 is 17.9 Å². The van der Waals surface area contributed by atoms with Crippen LogP contribution >= 0.6 is 11.8 Å². The molecule has 0 radical (unpaired) electrons. The first-order chi connectivity index (χ1) is 15.2. The van der Waals surface area contributed by atoms with Crippen LogP contribution in [0.15, 0.2) is 53.5 Å². The number of sulfone groups is 1. The molecule has 2 aromatic rings. The summed E-state index contributed by atoms with van der Waals surface area (Å²) in [6, 6.07) is 15.0. The van der Waals surface area contributed by atoms with Crippen LogP contribution in [-0.2, 0) is 14.6 Å². The number of carbonyl (C=O) groups is 1. The standard InChI is InChI=1S/C23H27N3O4S2/c1-15(2)16-7-9-18(10-8-16)26(23-25-20-13-32(28,29)14-21(20)31-23)12-22(27)24-17-5-4-6-19(11-17)30-3/h4-11,15,20-21H,12-14H2,1-3H3,(H,24,27). The molecule has 2 atom stereocenters. The van der Waals surface area contributed by atoms with Gasteiger partial charge in [-0.25, -0.2) is 8.42 Å². The third kappa shape index (κ3) is 5.10. The maximum atomic E-state index is 12.9. The maximum absolute atomic E-state index is 12.9. The fourth-order valence-electron chi connectivity index (χ4n) is 3.82. The highest BCUT2D eigenvalue weighted by Crippen LogP contribution is 2.37. The van der Waals surface area contributed by atoms with E-state index >= 15 is 0 Å². The summed E-state index contributed by atoms with van der Waals surface area (Å²) < 4.78 is 29.1. The van der Waals surface area contributed by atoms with Gasteiger partial charge in [-0.2, -0.15) is 0 Å². The predicted molar refractivity (Wildman–Crippen MR) is 131 cm³/mol. The van der Waals surface area contributed by atoms with E-state index in [1.165, 1.54) is 17.3 Å². The lowest BCUT2D eigenvalue weighted by molar-refractivity contribution is -0.114. The number of rotatable bonds is 6. The molecule has 2 aliphatic rings. The van der Waals surface area contributed by atoms with Gasteiger partial charge in [0, 0.05) is 22.7 Å². The van der Waals surface area contributed by atoms with Crippen molar-refractivity contribution in [2.45, 2.75) is 31.1 Å². The molecule has 0 saturated carbocycles. The van der Waals surface area contributed by atoms with Crippen LogP contribution in [-0.4, -0.2) is 55.9 Å². The molecule has 2 aliphatic heterocycles. The van der Waals surface area contributed by atoms with Gasteiger partial charge in [-0.15, -0.1) is 0 Å². The van der Waals surface area contributed by atoms with Crippen LogP contribution in [0.4, 0.5) is 11.4 Å². The van der Waals surface area contributed by atoms with Crippen molar-refractivity contribution >= 4 is 44.0 Å². The van der Waals surface area contributed by atoms with Crippen molar-refractivity contribution in [3.05, 3.63) is 54.1 Å². The minimum Gasteiger partial charge on any atom is -0.497 e. The molecule has 0 aromatic heterocycles. The van der Waals surface area contributed by atoms with Crippen LogP contribution in [0.2, 0.25) is 0 Å². The first kappa shape index (κ1) is 22.7. The number of methoxy groups -OCH3 is 1. The number of fused-ring (bicyclic) bond motifs is 1. The van der Waals surface area contributed by atoms with E-state index in [-0.39, 0.29) is 35.2 Å². The van der Waals surface area contributed by atoms with Crippen molar-refractivity contribution in [3.63, 3.8) is 0 Å². The Kier molecular flexibility index (Phi) is 6.48. The van der Waals surface area contributed by atoms with Gasteiger partial charge in [0.05, 0.1) is 24.7 Å². The average molecular weight is 474 g/mol. The number of ether oxygens (including phenoxy) is 1. The molecular weight excluding hydrogens is 446 g/mol. The monoisotopic (exact) mass is 473 g/mol. The summed E-state index contributed by atoms with van der Waals surface area (Å²) in [4.78, 5) is 19.5. The van der Waals surface area contributed by atoms with E-state index in [1.54, 1.807) is 19.2 Å². The Bertz CT molecular complexity index is 1130. The van der Waals surface area contributed by atoms with Crippen LogP contribution in [0.25, 0.3) is 0 Å².